The second-order valence-electron chi connectivity index (χ2n) is 11.0. The first-order valence-corrected chi connectivity index (χ1v) is 23.4. The second-order valence-corrected chi connectivity index (χ2v) is 34.0. The monoisotopic (exact) mass is 1470 g/mol. The molecule has 4 rings (SSSR count). The van der Waals surface area contributed by atoms with E-state index >= 15 is 0 Å². The summed E-state index contributed by atoms with van der Waals surface area (Å²) < 4.78 is -2.94. The molecule has 0 aliphatic heterocycles. The highest BCUT2D eigenvalue weighted by molar-refractivity contribution is 9.31. The summed E-state index contributed by atoms with van der Waals surface area (Å²) in [5.41, 5.74) is -1.36. The van der Waals surface area contributed by atoms with Crippen LogP contribution in [0.2, 0.25) is 0 Å². The Balaban J connectivity index is 1.80. The van der Waals surface area contributed by atoms with E-state index in [-0.39, 0.29) is 17.2 Å². The van der Waals surface area contributed by atoms with Crippen LogP contribution in [-0.2, 0) is 9.70 Å². The lowest BCUT2D eigenvalue weighted by molar-refractivity contribution is 0.0655. The van der Waals surface area contributed by atoms with Gasteiger partial charge in [-0.3, -0.25) is 0 Å². The number of alkyl halides is 12. The van der Waals surface area contributed by atoms with Crippen molar-refractivity contribution < 1.29 is 14.5 Å². The molecule has 276 valence electrons. The van der Waals surface area contributed by atoms with Gasteiger partial charge in [-0.1, -0.05) is 242 Å². The van der Waals surface area contributed by atoms with Crippen LogP contribution in [0, 0.1) is 0 Å². The van der Waals surface area contributed by atoms with E-state index in [1.165, 1.54) is 0 Å². The van der Waals surface area contributed by atoms with Crippen LogP contribution in [0.25, 0.3) is 0 Å². The van der Waals surface area contributed by atoms with E-state index in [4.69, 9.17) is 14.5 Å². The Morgan fingerprint density at radius 2 is 0.549 bits per heavy atom. The van der Waals surface area contributed by atoms with Crippen molar-refractivity contribution in [3.8, 4) is 17.2 Å². The van der Waals surface area contributed by atoms with Crippen molar-refractivity contribution in [1.82, 2.24) is 14.2 Å². The molecule has 0 spiro atoms. The van der Waals surface area contributed by atoms with Gasteiger partial charge in [0.2, 0.25) is 0 Å². The third-order valence-electron chi connectivity index (χ3n) is 6.94. The first-order valence-electron chi connectivity index (χ1n) is 13.8. The molecule has 0 radical (unpaired) electrons. The molecule has 0 saturated heterocycles. The maximum Gasteiger partial charge on any atom is 0.404 e. The minimum absolute atomic E-state index is 0.0993. The molecular weight excluding hydrogens is 1460 g/mol. The van der Waals surface area contributed by atoms with E-state index in [9.17, 15) is 14.4 Å². The average molecular weight is 1480 g/mol. The van der Waals surface area contributed by atoms with Gasteiger partial charge in [0.05, 0.1) is 0 Å². The van der Waals surface area contributed by atoms with Crippen molar-refractivity contribution in [2.24, 2.45) is 0 Å². The van der Waals surface area contributed by atoms with E-state index in [0.717, 1.165) is 16.7 Å². The van der Waals surface area contributed by atoms with Crippen molar-refractivity contribution in [2.45, 2.75) is 40.2 Å². The zero-order valence-electron chi connectivity index (χ0n) is 25.8. The quantitative estimate of drug-likeness (QED) is 0.131. The van der Waals surface area contributed by atoms with Crippen LogP contribution in [0.3, 0.4) is 0 Å². The number of hydrogen-bond acceptors (Lipinski definition) is 6. The van der Waals surface area contributed by atoms with Gasteiger partial charge < -0.3 is 14.5 Å². The van der Waals surface area contributed by atoms with Gasteiger partial charge in [-0.05, 0) is 73.9 Å². The Kier molecular flexibility index (Phi) is 14.6. The summed E-state index contributed by atoms with van der Waals surface area (Å²) in [5.74, 6) is 0.298. The van der Waals surface area contributed by atoms with Crippen molar-refractivity contribution in [1.29, 1.82) is 0 Å². The molecule has 21 heteroatoms. The highest BCUT2D eigenvalue weighted by Crippen LogP contribution is 2.57. The molecule has 0 bridgehead atoms. The number of nitrogens with zero attached hydrogens (tertiary/aromatic N) is 3. The van der Waals surface area contributed by atoms with Crippen LogP contribution in [0.4, 0.5) is 0 Å². The fourth-order valence-electron chi connectivity index (χ4n) is 3.98. The Morgan fingerprint density at radius 3 is 0.706 bits per heavy atom. The Bertz CT molecular complexity index is 1790. The third-order valence-corrected chi connectivity index (χ3v) is 24.4. The summed E-state index contributed by atoms with van der Waals surface area (Å²) in [7, 11) is 0. The normalized spacial score (nSPS) is 13.2. The van der Waals surface area contributed by atoms with Crippen molar-refractivity contribution in [3.63, 3.8) is 0 Å². The highest BCUT2D eigenvalue weighted by Gasteiger charge is 2.44. The molecule has 0 amide bonds. The van der Waals surface area contributed by atoms with Crippen molar-refractivity contribution in [3.05, 3.63) is 121 Å². The Morgan fingerprint density at radius 1 is 0.373 bits per heavy atom. The van der Waals surface area contributed by atoms with Gasteiger partial charge in [-0.25, -0.2) is 14.4 Å². The van der Waals surface area contributed by atoms with E-state index in [0.29, 0.717) is 14.2 Å². The molecule has 0 fully saturated rings. The van der Waals surface area contributed by atoms with E-state index in [1.54, 1.807) is 72.8 Å². The zero-order chi connectivity index (χ0) is 38.5. The molecule has 0 N–H and O–H groups in total. The lowest BCUT2D eigenvalue weighted by atomic mass is 10.1. The molecule has 0 saturated carbocycles. The van der Waals surface area contributed by atoms with Gasteiger partial charge in [0.15, 0.2) is 17.2 Å². The molecule has 0 atom stereocenters. The number of hydrogen-bond donors (Lipinski definition) is 0. The molecule has 0 aliphatic carbocycles. The zero-order valence-corrected chi connectivity index (χ0v) is 44.8. The molecule has 9 nitrogen and oxygen atoms in total. The molecule has 51 heavy (non-hydrogen) atoms. The maximum atomic E-state index is 13.7. The standard InChI is InChI=1S/C30H21Br12N3O6/c1-25(31,32)28(37,38)16-4-10-19(11-5-16)49-43-22(46)44(50-20-12-6-17(7-13-20)29(39,40)26(2,33)34)24(48)45(23(43)47)51-21-14-8-18(9-15-21)30(41,42)27(3,35)36/h4-15H,1-3H3. The van der Waals surface area contributed by atoms with Crippen molar-refractivity contribution >= 4 is 191 Å². The molecule has 1 aromatic heterocycles. The number of rotatable bonds is 12. The summed E-state index contributed by atoms with van der Waals surface area (Å²) in [5, 5.41) is 0. The van der Waals surface area contributed by atoms with E-state index in [2.05, 4.69) is 191 Å². The van der Waals surface area contributed by atoms with Gasteiger partial charge in [0.1, 0.15) is 19.4 Å². The predicted molar refractivity (Wildman–Crippen MR) is 244 cm³/mol. The van der Waals surface area contributed by atoms with Gasteiger partial charge in [-0.2, -0.15) is 0 Å². The summed E-state index contributed by atoms with van der Waals surface area (Å²) >= 11 is 43.3. The average Bonchev–Trinajstić information content (AvgIpc) is 3.02. The smallest absolute Gasteiger partial charge is 0.366 e. The molecule has 1 heterocycles. The second kappa shape index (κ2) is 16.6. The van der Waals surface area contributed by atoms with E-state index < -0.39 is 36.5 Å². The fraction of sp³-hybridized carbons (Fsp3) is 0.300. The van der Waals surface area contributed by atoms with E-state index in [1.807, 2.05) is 20.8 Å². The lowest BCUT2D eigenvalue weighted by Gasteiger charge is -2.31. The first-order chi connectivity index (χ1) is 23.2. The number of aromatic nitrogens is 3. The topological polar surface area (TPSA) is 93.7 Å². The highest BCUT2D eigenvalue weighted by atomic mass is 79.9. The van der Waals surface area contributed by atoms with Gasteiger partial charge >= 0.3 is 17.1 Å². The fourth-order valence-corrected chi connectivity index (χ4v) is 6.94. The van der Waals surface area contributed by atoms with Gasteiger partial charge in [0, 0.05) is 0 Å². The number of benzene rings is 3. The van der Waals surface area contributed by atoms with Crippen LogP contribution in [0.15, 0.2) is 87.2 Å². The van der Waals surface area contributed by atoms with Crippen LogP contribution < -0.4 is 31.6 Å². The number of halogens is 12. The molecule has 0 unspecified atom stereocenters. The molecule has 3 aromatic carbocycles. The summed E-state index contributed by atoms with van der Waals surface area (Å²) in [6.07, 6.45) is 0. The SMILES string of the molecule is CC(Br)(Br)C(Br)(Br)c1ccc(On2c(=O)n(Oc3ccc(C(Br)(Br)C(C)(Br)Br)cc3)c(=O)n(Oc3ccc(C(Br)(Br)C(C)(Br)Br)cc3)c2=O)cc1. The van der Waals surface area contributed by atoms with Crippen LogP contribution >= 0.6 is 191 Å². The summed E-state index contributed by atoms with van der Waals surface area (Å²) in [6, 6.07) is 19.6. The largest absolute Gasteiger partial charge is 0.404 e. The lowest BCUT2D eigenvalue weighted by Crippen LogP contribution is -2.58. The third kappa shape index (κ3) is 9.86. The predicted octanol–water partition coefficient (Wildman–Crippen LogP) is 12.0. The minimum atomic E-state index is -1.22. The first kappa shape index (κ1) is 44.9. The summed E-state index contributed by atoms with van der Waals surface area (Å²) in [4.78, 5) is 58.4. The minimum Gasteiger partial charge on any atom is -0.366 e. The molecule has 4 aromatic rings. The Hall–Kier alpha value is 1.23. The molecule has 0 aliphatic rings. The maximum absolute atomic E-state index is 13.7. The van der Waals surface area contributed by atoms with Crippen molar-refractivity contribution in [2.75, 3.05) is 0 Å². The van der Waals surface area contributed by atoms with Gasteiger partial charge in [0.25, 0.3) is 0 Å². The van der Waals surface area contributed by atoms with Gasteiger partial charge in [-0.15, -0.1) is 0 Å². The Labute approximate surface area is 392 Å². The van der Waals surface area contributed by atoms with Crippen LogP contribution in [-0.4, -0.2) is 23.9 Å². The summed E-state index contributed by atoms with van der Waals surface area (Å²) in [6.45, 7) is 5.67. The molecular formula is C30H21Br12N3O6. The van der Waals surface area contributed by atoms with Crippen LogP contribution in [0.5, 0.6) is 17.2 Å². The van der Waals surface area contributed by atoms with Crippen LogP contribution in [0.1, 0.15) is 37.5 Å².